The molecule has 0 spiro atoms. The standard InChI is InChI=1S/C15H29N3O2/c1-10(2)17-15(14(16)19)6-5-13(7-15)18-8-11(3)20-12(4)9-18/h10-13,17H,5-9H2,1-4H3,(H2,16,19)/t11-,12+,13?,15?. The summed E-state index contributed by atoms with van der Waals surface area (Å²) in [7, 11) is 0. The molecular weight excluding hydrogens is 254 g/mol. The van der Waals surface area contributed by atoms with E-state index in [-0.39, 0.29) is 24.2 Å². The van der Waals surface area contributed by atoms with Crippen LogP contribution in [-0.2, 0) is 9.53 Å². The summed E-state index contributed by atoms with van der Waals surface area (Å²) in [4.78, 5) is 14.4. The van der Waals surface area contributed by atoms with E-state index in [1.807, 2.05) is 0 Å². The summed E-state index contributed by atoms with van der Waals surface area (Å²) >= 11 is 0. The molecule has 116 valence electrons. The first-order valence-electron chi connectivity index (χ1n) is 7.79. The SMILES string of the molecule is CC(C)NC1(C(N)=O)CCC(N2C[C@@H](C)O[C@@H](C)C2)C1. The lowest BCUT2D eigenvalue weighted by molar-refractivity contribution is -0.125. The molecule has 0 radical (unpaired) electrons. The van der Waals surface area contributed by atoms with Crippen LogP contribution in [0.5, 0.6) is 0 Å². The minimum absolute atomic E-state index is 0.206. The van der Waals surface area contributed by atoms with Crippen LogP contribution in [0, 0.1) is 0 Å². The van der Waals surface area contributed by atoms with Crippen LogP contribution in [0.1, 0.15) is 47.0 Å². The van der Waals surface area contributed by atoms with Crippen molar-refractivity contribution in [2.45, 2.75) is 76.8 Å². The van der Waals surface area contributed by atoms with Crippen LogP contribution in [0.4, 0.5) is 0 Å². The molecule has 5 nitrogen and oxygen atoms in total. The van der Waals surface area contributed by atoms with Crippen LogP contribution in [-0.4, -0.2) is 53.7 Å². The fraction of sp³-hybridized carbons (Fsp3) is 0.933. The maximum Gasteiger partial charge on any atom is 0.237 e. The highest BCUT2D eigenvalue weighted by atomic mass is 16.5. The molecule has 0 aromatic carbocycles. The third kappa shape index (κ3) is 3.32. The summed E-state index contributed by atoms with van der Waals surface area (Å²) in [5.74, 6) is -0.206. The van der Waals surface area contributed by atoms with E-state index in [0.29, 0.717) is 6.04 Å². The fourth-order valence-electron chi connectivity index (χ4n) is 3.83. The number of primary amides is 1. The molecule has 1 heterocycles. The predicted molar refractivity (Wildman–Crippen MR) is 79.4 cm³/mol. The topological polar surface area (TPSA) is 67.6 Å². The van der Waals surface area contributed by atoms with Crippen molar-refractivity contribution in [2.75, 3.05) is 13.1 Å². The zero-order chi connectivity index (χ0) is 14.9. The molecule has 0 bridgehead atoms. The van der Waals surface area contributed by atoms with Crippen LogP contribution in [0.15, 0.2) is 0 Å². The first-order valence-corrected chi connectivity index (χ1v) is 7.79. The number of carbonyl (C=O) groups excluding carboxylic acids is 1. The average molecular weight is 283 g/mol. The summed E-state index contributed by atoms with van der Waals surface area (Å²) in [6, 6.07) is 0.700. The Hall–Kier alpha value is -0.650. The number of hydrogen-bond donors (Lipinski definition) is 2. The van der Waals surface area contributed by atoms with Gasteiger partial charge in [-0.2, -0.15) is 0 Å². The van der Waals surface area contributed by atoms with Crippen molar-refractivity contribution in [1.82, 2.24) is 10.2 Å². The average Bonchev–Trinajstić information content (AvgIpc) is 2.72. The molecule has 2 fully saturated rings. The van der Waals surface area contributed by atoms with Gasteiger partial charge >= 0.3 is 0 Å². The fourth-order valence-corrected chi connectivity index (χ4v) is 3.83. The number of nitrogens with zero attached hydrogens (tertiary/aromatic N) is 1. The molecule has 2 unspecified atom stereocenters. The predicted octanol–water partition coefficient (Wildman–Crippen LogP) is 0.870. The van der Waals surface area contributed by atoms with Crippen molar-refractivity contribution in [3.05, 3.63) is 0 Å². The van der Waals surface area contributed by atoms with E-state index in [1.165, 1.54) is 0 Å². The Balaban J connectivity index is 2.04. The maximum absolute atomic E-state index is 11.9. The van der Waals surface area contributed by atoms with Gasteiger partial charge in [0.25, 0.3) is 0 Å². The molecule has 0 aromatic heterocycles. The van der Waals surface area contributed by atoms with E-state index in [1.54, 1.807) is 0 Å². The van der Waals surface area contributed by atoms with Crippen LogP contribution < -0.4 is 11.1 Å². The molecule has 0 aromatic rings. The second-order valence-corrected chi connectivity index (χ2v) is 6.85. The first-order chi connectivity index (χ1) is 9.32. The van der Waals surface area contributed by atoms with Gasteiger partial charge in [0.05, 0.1) is 17.7 Å². The number of amides is 1. The molecule has 1 saturated carbocycles. The number of hydrogen-bond acceptors (Lipinski definition) is 4. The van der Waals surface area contributed by atoms with Gasteiger partial charge in [-0.25, -0.2) is 0 Å². The molecule has 4 atom stereocenters. The molecule has 2 aliphatic rings. The molecule has 2 rings (SSSR count). The van der Waals surface area contributed by atoms with Gasteiger partial charge < -0.3 is 15.8 Å². The van der Waals surface area contributed by atoms with Gasteiger partial charge in [0.15, 0.2) is 0 Å². The molecule has 3 N–H and O–H groups in total. The van der Waals surface area contributed by atoms with Crippen LogP contribution in [0.2, 0.25) is 0 Å². The Morgan fingerprint density at radius 3 is 2.45 bits per heavy atom. The number of nitrogens with two attached hydrogens (primary N) is 1. The molecule has 1 aliphatic heterocycles. The Kier molecular flexibility index (Phi) is 4.72. The summed E-state index contributed by atoms with van der Waals surface area (Å²) in [6.45, 7) is 10.3. The van der Waals surface area contributed by atoms with Crippen molar-refractivity contribution >= 4 is 5.91 Å². The van der Waals surface area contributed by atoms with Gasteiger partial charge in [-0.3, -0.25) is 9.69 Å². The molecule has 1 saturated heterocycles. The normalized spacial score (nSPS) is 39.4. The second-order valence-electron chi connectivity index (χ2n) is 6.85. The Morgan fingerprint density at radius 2 is 1.95 bits per heavy atom. The zero-order valence-electron chi connectivity index (χ0n) is 13.2. The van der Waals surface area contributed by atoms with Crippen molar-refractivity contribution in [3.63, 3.8) is 0 Å². The summed E-state index contributed by atoms with van der Waals surface area (Å²) in [5.41, 5.74) is 5.16. The van der Waals surface area contributed by atoms with E-state index < -0.39 is 5.54 Å². The maximum atomic E-state index is 11.9. The van der Waals surface area contributed by atoms with Gasteiger partial charge in [0.2, 0.25) is 5.91 Å². The largest absolute Gasteiger partial charge is 0.373 e. The molecule has 1 aliphatic carbocycles. The van der Waals surface area contributed by atoms with Gasteiger partial charge in [0.1, 0.15) is 0 Å². The highest BCUT2D eigenvalue weighted by Crippen LogP contribution is 2.34. The Morgan fingerprint density at radius 1 is 1.35 bits per heavy atom. The van der Waals surface area contributed by atoms with E-state index in [0.717, 1.165) is 32.4 Å². The van der Waals surface area contributed by atoms with Crippen molar-refractivity contribution in [3.8, 4) is 0 Å². The second kappa shape index (κ2) is 6.00. The summed E-state index contributed by atoms with van der Waals surface area (Å²) in [6.07, 6.45) is 3.22. The highest BCUT2D eigenvalue weighted by Gasteiger charge is 2.46. The van der Waals surface area contributed by atoms with Gasteiger partial charge in [-0.15, -0.1) is 0 Å². The lowest BCUT2D eigenvalue weighted by atomic mass is 9.95. The smallest absolute Gasteiger partial charge is 0.237 e. The highest BCUT2D eigenvalue weighted by molar-refractivity contribution is 5.85. The Labute approximate surface area is 122 Å². The number of rotatable bonds is 4. The number of morpholine rings is 1. The molecule has 5 heteroatoms. The zero-order valence-corrected chi connectivity index (χ0v) is 13.2. The third-order valence-corrected chi connectivity index (χ3v) is 4.49. The third-order valence-electron chi connectivity index (χ3n) is 4.49. The molecular formula is C15H29N3O2. The molecule has 20 heavy (non-hydrogen) atoms. The minimum Gasteiger partial charge on any atom is -0.373 e. The van der Waals surface area contributed by atoms with E-state index in [2.05, 4.69) is 37.9 Å². The van der Waals surface area contributed by atoms with Crippen LogP contribution in [0.3, 0.4) is 0 Å². The summed E-state index contributed by atoms with van der Waals surface area (Å²) < 4.78 is 5.79. The molecule has 1 amide bonds. The van der Waals surface area contributed by atoms with Gasteiger partial charge in [-0.05, 0) is 47.0 Å². The monoisotopic (exact) mass is 283 g/mol. The number of nitrogens with one attached hydrogen (secondary N) is 1. The van der Waals surface area contributed by atoms with E-state index in [9.17, 15) is 4.79 Å². The number of carbonyl (C=O) groups is 1. The lowest BCUT2D eigenvalue weighted by Gasteiger charge is -2.39. The van der Waals surface area contributed by atoms with Crippen LogP contribution in [0.25, 0.3) is 0 Å². The number of ether oxygens (including phenoxy) is 1. The van der Waals surface area contributed by atoms with Gasteiger partial charge in [0, 0.05) is 25.2 Å². The van der Waals surface area contributed by atoms with E-state index >= 15 is 0 Å². The first kappa shape index (κ1) is 15.7. The van der Waals surface area contributed by atoms with Crippen LogP contribution >= 0.6 is 0 Å². The van der Waals surface area contributed by atoms with E-state index in [4.69, 9.17) is 10.5 Å². The lowest BCUT2D eigenvalue weighted by Crippen LogP contribution is -2.57. The summed E-state index contributed by atoms with van der Waals surface area (Å²) in [5, 5.41) is 3.41. The Bertz CT molecular complexity index is 351. The minimum atomic E-state index is -0.524. The van der Waals surface area contributed by atoms with Crippen molar-refractivity contribution in [2.24, 2.45) is 5.73 Å². The quantitative estimate of drug-likeness (QED) is 0.803. The van der Waals surface area contributed by atoms with Crippen molar-refractivity contribution < 1.29 is 9.53 Å². The van der Waals surface area contributed by atoms with Gasteiger partial charge in [-0.1, -0.05) is 0 Å². The van der Waals surface area contributed by atoms with Crippen molar-refractivity contribution in [1.29, 1.82) is 0 Å².